The maximum Gasteiger partial charge on any atom is 0.408 e. The van der Waals surface area contributed by atoms with Gasteiger partial charge in [0.1, 0.15) is 11.5 Å². The largest absolute Gasteiger partial charge is 0.436 e. The summed E-state index contributed by atoms with van der Waals surface area (Å²) in [5.74, 6) is 1.92. The van der Waals surface area contributed by atoms with Crippen LogP contribution >= 0.6 is 0 Å². The van der Waals surface area contributed by atoms with E-state index in [0.29, 0.717) is 5.69 Å². The number of carbonyl (C=O) groups is 1. The third-order valence-electron chi connectivity index (χ3n) is 3.67. The number of pyridine rings is 1. The Bertz CT molecular complexity index is 955. The van der Waals surface area contributed by atoms with Gasteiger partial charge in [-0.2, -0.15) is 0 Å². The molecule has 1 aromatic carbocycles. The van der Waals surface area contributed by atoms with E-state index in [1.54, 1.807) is 12.1 Å². The molecule has 25 heavy (non-hydrogen) atoms. The minimum Gasteiger partial charge on any atom is -0.436 e. The predicted octanol–water partition coefficient (Wildman–Crippen LogP) is 3.31. The predicted molar refractivity (Wildman–Crippen MR) is 92.3 cm³/mol. The number of hydrogen-bond donors (Lipinski definition) is 1. The Kier molecular flexibility index (Phi) is 4.66. The Hall–Kier alpha value is -3.33. The summed E-state index contributed by atoms with van der Waals surface area (Å²) in [6, 6.07) is 9.91. The summed E-state index contributed by atoms with van der Waals surface area (Å²) >= 11 is 0. The van der Waals surface area contributed by atoms with Crippen LogP contribution in [0.15, 0.2) is 42.6 Å². The number of rotatable bonds is 4. The Morgan fingerprint density at radius 3 is 2.80 bits per heavy atom. The quantitative estimate of drug-likeness (QED) is 0.743. The van der Waals surface area contributed by atoms with Crippen LogP contribution in [0.4, 0.5) is 9.18 Å². The monoisotopic (exact) mass is 337 g/mol. The standard InChI is InChI=1S/C19H16FN3O2/c1-3-10-25-19(24)21-11-16-18(14-5-7-15(20)8-6-14)22-17-9-4-13(2)12-23(16)17/h1,4-9,12H,10-11H2,2H3,(H,21,24). The van der Waals surface area contributed by atoms with Crippen LogP contribution in [0, 0.1) is 25.1 Å². The Labute approximate surface area is 144 Å². The van der Waals surface area contributed by atoms with Crippen LogP contribution in [0.2, 0.25) is 0 Å². The average molecular weight is 337 g/mol. The molecule has 2 heterocycles. The number of amides is 1. The number of nitrogens with one attached hydrogen (secondary N) is 1. The van der Waals surface area contributed by atoms with Gasteiger partial charge in [-0.15, -0.1) is 6.42 Å². The number of halogens is 1. The van der Waals surface area contributed by atoms with E-state index >= 15 is 0 Å². The fraction of sp³-hybridized carbons (Fsp3) is 0.158. The first-order valence-electron chi connectivity index (χ1n) is 7.66. The molecule has 0 bridgehead atoms. The van der Waals surface area contributed by atoms with Crippen molar-refractivity contribution in [2.75, 3.05) is 6.61 Å². The first kappa shape index (κ1) is 16.5. The van der Waals surface area contributed by atoms with Crippen molar-refractivity contribution in [2.24, 2.45) is 0 Å². The zero-order chi connectivity index (χ0) is 17.8. The third-order valence-corrected chi connectivity index (χ3v) is 3.67. The highest BCUT2D eigenvalue weighted by Gasteiger charge is 2.15. The first-order valence-corrected chi connectivity index (χ1v) is 7.66. The van der Waals surface area contributed by atoms with Crippen LogP contribution in [-0.2, 0) is 11.3 Å². The number of ether oxygens (including phenoxy) is 1. The van der Waals surface area contributed by atoms with E-state index in [1.165, 1.54) is 12.1 Å². The SMILES string of the molecule is C#CCOC(=O)NCc1c(-c2ccc(F)cc2)nc2ccc(C)cn12. The zero-order valence-electron chi connectivity index (χ0n) is 13.6. The number of hydrogen-bond acceptors (Lipinski definition) is 3. The normalized spacial score (nSPS) is 10.4. The molecule has 126 valence electrons. The average Bonchev–Trinajstić information content (AvgIpc) is 2.96. The van der Waals surface area contributed by atoms with Gasteiger partial charge in [0.05, 0.1) is 17.9 Å². The van der Waals surface area contributed by atoms with Crippen molar-refractivity contribution in [1.82, 2.24) is 14.7 Å². The number of alkyl carbamates (subject to hydrolysis) is 1. The maximum absolute atomic E-state index is 13.2. The van der Waals surface area contributed by atoms with E-state index in [4.69, 9.17) is 11.2 Å². The molecule has 3 rings (SSSR count). The van der Waals surface area contributed by atoms with Crippen molar-refractivity contribution >= 4 is 11.7 Å². The van der Waals surface area contributed by atoms with Gasteiger partial charge in [-0.05, 0) is 42.8 Å². The summed E-state index contributed by atoms with van der Waals surface area (Å²) in [7, 11) is 0. The Balaban J connectivity index is 1.99. The van der Waals surface area contributed by atoms with Crippen LogP contribution in [0.1, 0.15) is 11.3 Å². The van der Waals surface area contributed by atoms with E-state index in [9.17, 15) is 9.18 Å². The van der Waals surface area contributed by atoms with Crippen LogP contribution in [0.3, 0.4) is 0 Å². The van der Waals surface area contributed by atoms with E-state index in [2.05, 4.69) is 16.2 Å². The number of benzene rings is 1. The highest BCUT2D eigenvalue weighted by atomic mass is 19.1. The van der Waals surface area contributed by atoms with E-state index in [-0.39, 0.29) is 19.0 Å². The lowest BCUT2D eigenvalue weighted by Gasteiger charge is -2.08. The van der Waals surface area contributed by atoms with E-state index < -0.39 is 6.09 Å². The number of imidazole rings is 1. The van der Waals surface area contributed by atoms with Crippen molar-refractivity contribution in [3.8, 4) is 23.6 Å². The van der Waals surface area contributed by atoms with Crippen molar-refractivity contribution in [2.45, 2.75) is 13.5 Å². The molecule has 2 aromatic heterocycles. The molecule has 0 atom stereocenters. The van der Waals surface area contributed by atoms with Gasteiger partial charge in [0, 0.05) is 11.8 Å². The molecule has 0 fully saturated rings. The summed E-state index contributed by atoms with van der Waals surface area (Å²) in [5, 5.41) is 2.66. The number of nitrogens with zero attached hydrogens (tertiary/aromatic N) is 2. The number of aromatic nitrogens is 2. The van der Waals surface area contributed by atoms with Gasteiger partial charge in [-0.1, -0.05) is 12.0 Å². The third kappa shape index (κ3) is 3.61. The van der Waals surface area contributed by atoms with Gasteiger partial charge in [-0.3, -0.25) is 0 Å². The summed E-state index contributed by atoms with van der Waals surface area (Å²) in [6.45, 7) is 2.07. The topological polar surface area (TPSA) is 55.6 Å². The lowest BCUT2D eigenvalue weighted by molar-refractivity contribution is 0.159. The molecule has 0 aliphatic carbocycles. The fourth-order valence-corrected chi connectivity index (χ4v) is 2.52. The molecule has 6 heteroatoms. The van der Waals surface area contributed by atoms with Gasteiger partial charge < -0.3 is 14.5 Å². The molecule has 5 nitrogen and oxygen atoms in total. The smallest absolute Gasteiger partial charge is 0.408 e. The van der Waals surface area contributed by atoms with Crippen LogP contribution in [0.25, 0.3) is 16.9 Å². The summed E-state index contributed by atoms with van der Waals surface area (Å²) in [5.41, 5.74) is 3.98. The van der Waals surface area contributed by atoms with Gasteiger partial charge in [-0.25, -0.2) is 14.2 Å². The number of terminal acetylenes is 1. The van der Waals surface area contributed by atoms with Crippen LogP contribution in [0.5, 0.6) is 0 Å². The fourth-order valence-electron chi connectivity index (χ4n) is 2.52. The number of carbonyl (C=O) groups excluding carboxylic acids is 1. The van der Waals surface area contributed by atoms with E-state index in [1.807, 2.05) is 29.7 Å². The molecule has 0 aliphatic rings. The minimum absolute atomic E-state index is 0.0943. The van der Waals surface area contributed by atoms with Gasteiger partial charge in [0.2, 0.25) is 0 Å². The Morgan fingerprint density at radius 2 is 2.08 bits per heavy atom. The first-order chi connectivity index (χ1) is 12.1. The van der Waals surface area contributed by atoms with Crippen LogP contribution < -0.4 is 5.32 Å². The molecule has 0 aliphatic heterocycles. The number of aryl methyl sites for hydroxylation is 1. The molecular weight excluding hydrogens is 321 g/mol. The Morgan fingerprint density at radius 1 is 1.32 bits per heavy atom. The molecule has 0 saturated heterocycles. The molecule has 0 saturated carbocycles. The highest BCUT2D eigenvalue weighted by molar-refractivity contribution is 5.70. The molecule has 1 N–H and O–H groups in total. The summed E-state index contributed by atoms with van der Waals surface area (Å²) in [6.07, 6.45) is 6.39. The minimum atomic E-state index is -0.606. The molecule has 0 radical (unpaired) electrons. The second kappa shape index (κ2) is 7.05. The molecule has 3 aromatic rings. The zero-order valence-corrected chi connectivity index (χ0v) is 13.6. The van der Waals surface area contributed by atoms with Crippen molar-refractivity contribution in [3.63, 3.8) is 0 Å². The molecule has 0 unspecified atom stereocenters. The molecular formula is C19H16FN3O2. The van der Waals surface area contributed by atoms with Crippen LogP contribution in [-0.4, -0.2) is 22.1 Å². The maximum atomic E-state index is 13.2. The summed E-state index contributed by atoms with van der Waals surface area (Å²) < 4.78 is 19.9. The van der Waals surface area contributed by atoms with E-state index in [0.717, 1.165) is 22.5 Å². The second-order valence-electron chi connectivity index (χ2n) is 5.48. The number of fused-ring (bicyclic) bond motifs is 1. The van der Waals surface area contributed by atoms with Gasteiger partial charge >= 0.3 is 6.09 Å². The van der Waals surface area contributed by atoms with Crippen molar-refractivity contribution in [3.05, 3.63) is 59.7 Å². The molecule has 1 amide bonds. The second-order valence-corrected chi connectivity index (χ2v) is 5.48. The highest BCUT2D eigenvalue weighted by Crippen LogP contribution is 2.25. The van der Waals surface area contributed by atoms with Crippen molar-refractivity contribution < 1.29 is 13.9 Å². The molecule has 0 spiro atoms. The van der Waals surface area contributed by atoms with Crippen molar-refractivity contribution in [1.29, 1.82) is 0 Å². The van der Waals surface area contributed by atoms with Gasteiger partial charge in [0.15, 0.2) is 6.61 Å². The lowest BCUT2D eigenvalue weighted by atomic mass is 10.1. The lowest BCUT2D eigenvalue weighted by Crippen LogP contribution is -2.24. The van der Waals surface area contributed by atoms with Gasteiger partial charge in [0.25, 0.3) is 0 Å². The summed E-state index contributed by atoms with van der Waals surface area (Å²) in [4.78, 5) is 16.3.